The molecule has 1 aromatic rings. The van der Waals surface area contributed by atoms with Gasteiger partial charge in [-0.15, -0.1) is 0 Å². The predicted octanol–water partition coefficient (Wildman–Crippen LogP) is 2.41. The van der Waals surface area contributed by atoms with Crippen LogP contribution in [0, 0.1) is 0 Å². The summed E-state index contributed by atoms with van der Waals surface area (Å²) in [6.45, 7) is 6.06. The van der Waals surface area contributed by atoms with E-state index in [0.717, 1.165) is 25.9 Å². The van der Waals surface area contributed by atoms with Gasteiger partial charge in [0.1, 0.15) is 5.54 Å². The summed E-state index contributed by atoms with van der Waals surface area (Å²) in [4.78, 5) is 28.0. The number of carbonyl (C=O) groups excluding carboxylic acids is 2. The summed E-state index contributed by atoms with van der Waals surface area (Å²) in [5.41, 5.74) is 0.617. The zero-order valence-electron chi connectivity index (χ0n) is 14.6. The molecule has 3 rings (SSSR count). The van der Waals surface area contributed by atoms with Gasteiger partial charge in [-0.1, -0.05) is 30.3 Å². The fourth-order valence-electron chi connectivity index (χ4n) is 3.76. The largest absolute Gasteiger partial charge is 0.325 e. The van der Waals surface area contributed by atoms with E-state index >= 15 is 0 Å². The highest BCUT2D eigenvalue weighted by Gasteiger charge is 2.43. The zero-order chi connectivity index (χ0) is 17.2. The molecule has 3 amide bonds. The van der Waals surface area contributed by atoms with Crippen molar-refractivity contribution >= 4 is 11.9 Å². The number of nitrogens with zero attached hydrogens (tertiary/aromatic N) is 2. The van der Waals surface area contributed by atoms with Gasteiger partial charge in [-0.3, -0.25) is 14.6 Å². The van der Waals surface area contributed by atoms with Crippen molar-refractivity contribution in [1.29, 1.82) is 0 Å². The van der Waals surface area contributed by atoms with E-state index in [1.807, 2.05) is 0 Å². The third kappa shape index (κ3) is 3.61. The first-order valence-electron chi connectivity index (χ1n) is 8.89. The highest BCUT2D eigenvalue weighted by molar-refractivity contribution is 6.06. The fourth-order valence-corrected chi connectivity index (χ4v) is 3.76. The standard InChI is InChI=1S/C19H27N3O2/c1-19(2)17(23)22(18(24)20-19)13-7-12-21-11-6-10-16(21)14-15-8-4-3-5-9-15/h3-5,8-9,16H,6-7,10-14H2,1-2H3,(H,20,24)/t16-/m0/s1. The Morgan fingerprint density at radius 1 is 1.17 bits per heavy atom. The normalized spacial score (nSPS) is 23.8. The van der Waals surface area contributed by atoms with Crippen LogP contribution in [0.3, 0.4) is 0 Å². The Bertz CT molecular complexity index is 600. The summed E-state index contributed by atoms with van der Waals surface area (Å²) in [6, 6.07) is 10.9. The van der Waals surface area contributed by atoms with Crippen LogP contribution in [0.5, 0.6) is 0 Å². The highest BCUT2D eigenvalue weighted by atomic mass is 16.2. The molecular formula is C19H27N3O2. The zero-order valence-corrected chi connectivity index (χ0v) is 14.6. The number of hydrogen-bond donors (Lipinski definition) is 1. The maximum Gasteiger partial charge on any atom is 0.325 e. The molecule has 1 atom stereocenters. The van der Waals surface area contributed by atoms with Crippen LogP contribution in [-0.4, -0.2) is 53.0 Å². The molecule has 0 radical (unpaired) electrons. The molecule has 0 aliphatic carbocycles. The Morgan fingerprint density at radius 3 is 2.58 bits per heavy atom. The van der Waals surface area contributed by atoms with E-state index in [1.165, 1.54) is 23.3 Å². The molecule has 2 saturated heterocycles. The van der Waals surface area contributed by atoms with Gasteiger partial charge in [-0.25, -0.2) is 4.79 Å². The number of urea groups is 1. The van der Waals surface area contributed by atoms with Gasteiger partial charge in [-0.2, -0.15) is 0 Å². The van der Waals surface area contributed by atoms with Crippen molar-refractivity contribution in [2.24, 2.45) is 0 Å². The van der Waals surface area contributed by atoms with Crippen molar-refractivity contribution in [3.8, 4) is 0 Å². The summed E-state index contributed by atoms with van der Waals surface area (Å²) in [5, 5.41) is 2.74. The number of benzene rings is 1. The molecule has 0 bridgehead atoms. The molecule has 5 nitrogen and oxygen atoms in total. The second kappa shape index (κ2) is 6.93. The Kier molecular flexibility index (Phi) is 4.90. The molecule has 2 aliphatic heterocycles. The SMILES string of the molecule is CC1(C)NC(=O)N(CCCN2CCC[C@H]2Cc2ccccc2)C1=O. The molecule has 0 saturated carbocycles. The molecule has 0 spiro atoms. The maximum absolute atomic E-state index is 12.2. The first-order chi connectivity index (χ1) is 11.5. The molecule has 0 aromatic heterocycles. The number of carbonyl (C=O) groups is 2. The van der Waals surface area contributed by atoms with Crippen molar-refractivity contribution in [3.05, 3.63) is 35.9 Å². The topological polar surface area (TPSA) is 52.7 Å². The summed E-state index contributed by atoms with van der Waals surface area (Å²) >= 11 is 0. The van der Waals surface area contributed by atoms with Crippen LogP contribution in [0.15, 0.2) is 30.3 Å². The molecule has 2 fully saturated rings. The fraction of sp³-hybridized carbons (Fsp3) is 0.579. The molecule has 0 unspecified atom stereocenters. The van der Waals surface area contributed by atoms with Gasteiger partial charge in [0.15, 0.2) is 0 Å². The number of hydrogen-bond acceptors (Lipinski definition) is 3. The average molecular weight is 329 g/mol. The van der Waals surface area contributed by atoms with Crippen LogP contribution in [0.4, 0.5) is 4.79 Å². The van der Waals surface area contributed by atoms with Crippen LogP contribution >= 0.6 is 0 Å². The van der Waals surface area contributed by atoms with E-state index < -0.39 is 5.54 Å². The van der Waals surface area contributed by atoms with E-state index in [2.05, 4.69) is 40.5 Å². The summed E-state index contributed by atoms with van der Waals surface area (Å²) in [5.74, 6) is -0.116. The minimum Gasteiger partial charge on any atom is -0.324 e. The monoisotopic (exact) mass is 329 g/mol. The number of amides is 3. The number of imide groups is 1. The van der Waals surface area contributed by atoms with Gasteiger partial charge in [0.25, 0.3) is 5.91 Å². The third-order valence-corrected chi connectivity index (χ3v) is 5.08. The molecule has 1 N–H and O–H groups in total. The van der Waals surface area contributed by atoms with Crippen LogP contribution < -0.4 is 5.32 Å². The molecule has 130 valence electrons. The summed E-state index contributed by atoms with van der Waals surface area (Å²) in [6.07, 6.45) is 4.37. The van der Waals surface area contributed by atoms with E-state index in [-0.39, 0.29) is 11.9 Å². The van der Waals surface area contributed by atoms with E-state index in [9.17, 15) is 9.59 Å². The van der Waals surface area contributed by atoms with Gasteiger partial charge < -0.3 is 5.32 Å². The minimum absolute atomic E-state index is 0.116. The number of nitrogens with one attached hydrogen (secondary N) is 1. The van der Waals surface area contributed by atoms with Crippen LogP contribution in [-0.2, 0) is 11.2 Å². The first-order valence-corrected chi connectivity index (χ1v) is 8.89. The second-order valence-corrected chi connectivity index (χ2v) is 7.39. The van der Waals surface area contributed by atoms with Crippen LogP contribution in [0.2, 0.25) is 0 Å². The van der Waals surface area contributed by atoms with Gasteiger partial charge in [0.05, 0.1) is 0 Å². The third-order valence-electron chi connectivity index (χ3n) is 5.08. The number of likely N-dealkylation sites (tertiary alicyclic amines) is 1. The minimum atomic E-state index is -0.763. The summed E-state index contributed by atoms with van der Waals surface area (Å²) < 4.78 is 0. The lowest BCUT2D eigenvalue weighted by Crippen LogP contribution is -2.40. The molecule has 2 aliphatic rings. The van der Waals surface area contributed by atoms with E-state index in [4.69, 9.17) is 0 Å². The lowest BCUT2D eigenvalue weighted by molar-refractivity contribution is -0.130. The molecule has 1 aromatic carbocycles. The van der Waals surface area contributed by atoms with Crippen molar-refractivity contribution in [2.45, 2.75) is 51.1 Å². The second-order valence-electron chi connectivity index (χ2n) is 7.39. The lowest BCUT2D eigenvalue weighted by atomic mass is 10.0. The number of rotatable bonds is 6. The molecule has 24 heavy (non-hydrogen) atoms. The van der Waals surface area contributed by atoms with Crippen molar-refractivity contribution in [2.75, 3.05) is 19.6 Å². The quantitative estimate of drug-likeness (QED) is 0.816. The first kappa shape index (κ1) is 17.0. The molecular weight excluding hydrogens is 302 g/mol. The average Bonchev–Trinajstić information content (AvgIpc) is 3.05. The van der Waals surface area contributed by atoms with Crippen molar-refractivity contribution in [1.82, 2.24) is 15.1 Å². The maximum atomic E-state index is 12.2. The lowest BCUT2D eigenvalue weighted by Gasteiger charge is -2.25. The van der Waals surface area contributed by atoms with Crippen molar-refractivity contribution in [3.63, 3.8) is 0 Å². The Balaban J connectivity index is 1.49. The van der Waals surface area contributed by atoms with Crippen molar-refractivity contribution < 1.29 is 9.59 Å². The summed E-state index contributed by atoms with van der Waals surface area (Å²) in [7, 11) is 0. The highest BCUT2D eigenvalue weighted by Crippen LogP contribution is 2.22. The predicted molar refractivity (Wildman–Crippen MR) is 93.7 cm³/mol. The molecule has 5 heteroatoms. The van der Waals surface area contributed by atoms with Crippen LogP contribution in [0.25, 0.3) is 0 Å². The van der Waals surface area contributed by atoms with E-state index in [1.54, 1.807) is 13.8 Å². The van der Waals surface area contributed by atoms with Gasteiger partial charge >= 0.3 is 6.03 Å². The Hall–Kier alpha value is -1.88. The van der Waals surface area contributed by atoms with Gasteiger partial charge in [0.2, 0.25) is 0 Å². The smallest absolute Gasteiger partial charge is 0.324 e. The van der Waals surface area contributed by atoms with Crippen LogP contribution in [0.1, 0.15) is 38.7 Å². The Labute approximate surface area is 144 Å². The van der Waals surface area contributed by atoms with E-state index in [0.29, 0.717) is 12.6 Å². The molecule has 2 heterocycles. The van der Waals surface area contributed by atoms with Gasteiger partial charge in [0, 0.05) is 19.1 Å². The van der Waals surface area contributed by atoms with Gasteiger partial charge in [-0.05, 0) is 51.6 Å². The Morgan fingerprint density at radius 2 is 1.92 bits per heavy atom.